The fourth-order valence-electron chi connectivity index (χ4n) is 6.07. The molecule has 2 amide bonds. The molecule has 0 radical (unpaired) electrons. The molecule has 3 fully saturated rings. The van der Waals surface area contributed by atoms with E-state index in [4.69, 9.17) is 15.7 Å². The lowest BCUT2D eigenvalue weighted by Gasteiger charge is -2.35. The van der Waals surface area contributed by atoms with Crippen LogP contribution in [0.1, 0.15) is 30.9 Å². The predicted octanol–water partition coefficient (Wildman–Crippen LogP) is 3.16. The molecule has 220 valence electrons. The Bertz CT molecular complexity index is 1740. The summed E-state index contributed by atoms with van der Waals surface area (Å²) in [7, 11) is 0. The molecule has 12 heteroatoms. The van der Waals surface area contributed by atoms with Gasteiger partial charge in [-0.25, -0.2) is 24.3 Å². The van der Waals surface area contributed by atoms with Crippen LogP contribution in [0.25, 0.3) is 28.2 Å². The minimum Gasteiger partial charge on any atom is -0.383 e. The normalized spacial score (nSPS) is 18.8. The molecule has 6 heterocycles. The van der Waals surface area contributed by atoms with Crippen molar-refractivity contribution in [3.8, 4) is 17.1 Å². The van der Waals surface area contributed by atoms with E-state index in [1.807, 2.05) is 23.1 Å². The number of nitrogens with zero attached hydrogens (tertiary/aromatic N) is 8. The summed E-state index contributed by atoms with van der Waals surface area (Å²) in [5.74, 6) is 0.622. The number of pyridine rings is 3. The van der Waals surface area contributed by atoms with E-state index in [0.717, 1.165) is 18.5 Å². The number of amides is 2. The molecule has 4 aromatic rings. The van der Waals surface area contributed by atoms with E-state index < -0.39 is 5.82 Å². The maximum absolute atomic E-state index is 15.8. The molecule has 1 atom stereocenters. The lowest BCUT2D eigenvalue weighted by molar-refractivity contribution is -0.139. The maximum atomic E-state index is 15.8. The second-order valence-electron chi connectivity index (χ2n) is 11.3. The van der Waals surface area contributed by atoms with Gasteiger partial charge in [0.15, 0.2) is 23.1 Å². The SMILES string of the molecule is C=CC(=O)N1CCN(C(=O)[C@H]2CCN(c3ncc(-n4c(-c5cccnc5N)nc5ccc(C6CC6)nc54)cc3F)C2)CC1. The van der Waals surface area contributed by atoms with E-state index in [2.05, 4.69) is 16.5 Å². The molecule has 0 bridgehead atoms. The minimum absolute atomic E-state index is 0.0337. The van der Waals surface area contributed by atoms with Crippen molar-refractivity contribution in [2.75, 3.05) is 49.9 Å². The van der Waals surface area contributed by atoms with Crippen molar-refractivity contribution in [3.63, 3.8) is 0 Å². The maximum Gasteiger partial charge on any atom is 0.246 e. The summed E-state index contributed by atoms with van der Waals surface area (Å²) >= 11 is 0. The van der Waals surface area contributed by atoms with Crippen molar-refractivity contribution in [1.29, 1.82) is 0 Å². The van der Waals surface area contributed by atoms with Crippen molar-refractivity contribution in [1.82, 2.24) is 34.3 Å². The Balaban J connectivity index is 1.15. The first-order chi connectivity index (χ1) is 20.9. The highest BCUT2D eigenvalue weighted by atomic mass is 19.1. The molecule has 1 saturated carbocycles. The number of hydrogen-bond donors (Lipinski definition) is 1. The van der Waals surface area contributed by atoms with Gasteiger partial charge in [-0.2, -0.15) is 0 Å². The van der Waals surface area contributed by atoms with Crippen LogP contribution in [-0.2, 0) is 9.59 Å². The average Bonchev–Trinajstić information content (AvgIpc) is 3.65. The number of halogens is 1. The number of aromatic nitrogens is 5. The smallest absolute Gasteiger partial charge is 0.246 e. The third-order valence-electron chi connectivity index (χ3n) is 8.58. The molecular formula is C31H32FN9O2. The zero-order valence-electron chi connectivity index (χ0n) is 23.7. The standard InChI is InChI=1S/C31H32FN9O2/c1-2-26(42)38-12-14-39(15-13-38)31(43)20-9-11-40(18-20)29-23(32)16-21(17-35-29)41-28(22-4-3-10-34-27(22)33)37-25-8-7-24(19-5-6-19)36-30(25)41/h2-4,7-8,10,16-17,19-20H,1,5-6,9,11-15,18H2,(H2,33,34)/t20-/m0/s1. The highest BCUT2D eigenvalue weighted by molar-refractivity contribution is 5.87. The van der Waals surface area contributed by atoms with Crippen LogP contribution in [-0.4, -0.2) is 85.4 Å². The van der Waals surface area contributed by atoms with Crippen LogP contribution in [0.5, 0.6) is 0 Å². The topological polar surface area (TPSA) is 126 Å². The fraction of sp³-hybridized carbons (Fsp3) is 0.355. The summed E-state index contributed by atoms with van der Waals surface area (Å²) in [6, 6.07) is 9.00. The van der Waals surface area contributed by atoms with Crippen molar-refractivity contribution >= 4 is 34.6 Å². The Hall–Kier alpha value is -4.87. The number of nitrogens with two attached hydrogens (primary N) is 1. The lowest BCUT2D eigenvalue weighted by Crippen LogP contribution is -2.51. The van der Waals surface area contributed by atoms with E-state index in [1.54, 1.807) is 32.8 Å². The van der Waals surface area contributed by atoms with E-state index in [-0.39, 0.29) is 23.6 Å². The summed E-state index contributed by atoms with van der Waals surface area (Å²) in [5.41, 5.74) is 9.59. The molecular weight excluding hydrogens is 549 g/mol. The Morgan fingerprint density at radius 3 is 2.51 bits per heavy atom. The number of carbonyl (C=O) groups is 2. The molecule has 43 heavy (non-hydrogen) atoms. The molecule has 3 aliphatic rings. The molecule has 11 nitrogen and oxygen atoms in total. The molecule has 2 N–H and O–H groups in total. The van der Waals surface area contributed by atoms with Gasteiger partial charge in [0.05, 0.1) is 23.4 Å². The summed E-state index contributed by atoms with van der Waals surface area (Å²) in [5, 5.41) is 0. The first-order valence-electron chi connectivity index (χ1n) is 14.6. The molecule has 1 aliphatic carbocycles. The molecule has 2 aliphatic heterocycles. The van der Waals surface area contributed by atoms with Gasteiger partial charge in [-0.1, -0.05) is 6.58 Å². The van der Waals surface area contributed by atoms with Gasteiger partial charge in [0.1, 0.15) is 11.3 Å². The van der Waals surface area contributed by atoms with E-state index >= 15 is 4.39 Å². The van der Waals surface area contributed by atoms with Crippen LogP contribution in [0.4, 0.5) is 16.0 Å². The van der Waals surface area contributed by atoms with Crippen LogP contribution < -0.4 is 10.6 Å². The number of hydrogen-bond acceptors (Lipinski definition) is 8. The number of piperazine rings is 1. The van der Waals surface area contributed by atoms with E-state index in [9.17, 15) is 9.59 Å². The molecule has 4 aromatic heterocycles. The van der Waals surface area contributed by atoms with Crippen LogP contribution >= 0.6 is 0 Å². The largest absolute Gasteiger partial charge is 0.383 e. The zero-order valence-corrected chi connectivity index (χ0v) is 23.7. The first kappa shape index (κ1) is 27.0. The van der Waals surface area contributed by atoms with Crippen molar-refractivity contribution < 1.29 is 14.0 Å². The van der Waals surface area contributed by atoms with Gasteiger partial charge in [0, 0.05) is 63.1 Å². The number of rotatable bonds is 6. The second-order valence-corrected chi connectivity index (χ2v) is 11.3. The monoisotopic (exact) mass is 581 g/mol. The van der Waals surface area contributed by atoms with Gasteiger partial charge in [-0.3, -0.25) is 14.2 Å². The zero-order chi connectivity index (χ0) is 29.7. The van der Waals surface area contributed by atoms with Crippen molar-refractivity contribution in [2.24, 2.45) is 5.92 Å². The minimum atomic E-state index is -0.493. The number of anilines is 2. The predicted molar refractivity (Wildman–Crippen MR) is 160 cm³/mol. The van der Waals surface area contributed by atoms with Gasteiger partial charge >= 0.3 is 0 Å². The Kier molecular flexibility index (Phi) is 6.75. The molecule has 0 spiro atoms. The van der Waals surface area contributed by atoms with Gasteiger partial charge in [0.2, 0.25) is 11.8 Å². The molecule has 2 saturated heterocycles. The number of nitrogen functional groups attached to an aromatic ring is 1. The number of imidazole rings is 1. The van der Waals surface area contributed by atoms with Crippen LogP contribution in [0.15, 0.2) is 55.4 Å². The third-order valence-corrected chi connectivity index (χ3v) is 8.58. The van der Waals surface area contributed by atoms with Gasteiger partial charge < -0.3 is 20.4 Å². The van der Waals surface area contributed by atoms with Gasteiger partial charge in [-0.15, -0.1) is 0 Å². The van der Waals surface area contributed by atoms with Gasteiger partial charge in [0.25, 0.3) is 0 Å². The average molecular weight is 582 g/mol. The number of carbonyl (C=O) groups excluding carboxylic acids is 2. The van der Waals surface area contributed by atoms with E-state index in [0.29, 0.717) is 85.7 Å². The Labute approximate surface area is 247 Å². The summed E-state index contributed by atoms with van der Waals surface area (Å²) in [4.78, 5) is 49.0. The highest BCUT2D eigenvalue weighted by Crippen LogP contribution is 2.40. The van der Waals surface area contributed by atoms with Crippen LogP contribution in [0.2, 0.25) is 0 Å². The van der Waals surface area contributed by atoms with Gasteiger partial charge in [-0.05, 0) is 49.6 Å². The highest BCUT2D eigenvalue weighted by Gasteiger charge is 2.35. The molecule has 7 rings (SSSR count). The third kappa shape index (κ3) is 4.96. The van der Waals surface area contributed by atoms with Crippen LogP contribution in [0.3, 0.4) is 0 Å². The summed E-state index contributed by atoms with van der Waals surface area (Å²) in [6.45, 7) is 6.37. The summed E-state index contributed by atoms with van der Waals surface area (Å²) in [6.07, 6.45) is 7.34. The van der Waals surface area contributed by atoms with Crippen molar-refractivity contribution in [3.05, 3.63) is 66.9 Å². The fourth-order valence-corrected chi connectivity index (χ4v) is 6.07. The lowest BCUT2D eigenvalue weighted by atomic mass is 10.1. The Morgan fingerprint density at radius 2 is 1.79 bits per heavy atom. The molecule has 0 unspecified atom stereocenters. The van der Waals surface area contributed by atoms with E-state index in [1.165, 1.54) is 12.1 Å². The molecule has 0 aromatic carbocycles. The second kappa shape index (κ2) is 10.8. The Morgan fingerprint density at radius 1 is 1.00 bits per heavy atom. The summed E-state index contributed by atoms with van der Waals surface area (Å²) < 4.78 is 17.6. The first-order valence-corrected chi connectivity index (χ1v) is 14.6. The number of fused-ring (bicyclic) bond motifs is 1. The van der Waals surface area contributed by atoms with Crippen molar-refractivity contribution in [2.45, 2.75) is 25.2 Å². The van der Waals surface area contributed by atoms with Crippen LogP contribution in [0, 0.1) is 11.7 Å². The quantitative estimate of drug-likeness (QED) is 0.344.